The Bertz CT molecular complexity index is 315. The van der Waals surface area contributed by atoms with Gasteiger partial charge in [-0.2, -0.15) is 0 Å². The number of aliphatic carboxylic acids is 1. The maximum Gasteiger partial charge on any atom is 0.336 e. The first-order valence-electron chi connectivity index (χ1n) is 4.72. The molecule has 0 amide bonds. The van der Waals surface area contributed by atoms with Crippen molar-refractivity contribution in [3.8, 4) is 0 Å². The molecule has 1 aliphatic rings. The Hall–Kier alpha value is -1.02. The van der Waals surface area contributed by atoms with Gasteiger partial charge >= 0.3 is 5.97 Å². The Labute approximate surface area is 90.9 Å². The van der Waals surface area contributed by atoms with Crippen molar-refractivity contribution in [3.05, 3.63) is 0 Å². The molecule has 0 saturated heterocycles. The van der Waals surface area contributed by atoms with Gasteiger partial charge in [0.2, 0.25) is 0 Å². The minimum atomic E-state index is -2.55. The zero-order valence-corrected chi connectivity index (χ0v) is 8.57. The summed E-state index contributed by atoms with van der Waals surface area (Å²) in [7, 11) is 0. The van der Waals surface area contributed by atoms with E-state index in [9.17, 15) is 30.0 Å². The number of hydrogen-bond donors (Lipinski definition) is 5. The van der Waals surface area contributed by atoms with Crippen LogP contribution in [0.5, 0.6) is 0 Å². The molecular formula is C9H14O7. The molecule has 16 heavy (non-hydrogen) atoms. The van der Waals surface area contributed by atoms with Gasteiger partial charge < -0.3 is 25.5 Å². The van der Waals surface area contributed by atoms with Gasteiger partial charge in [-0.05, 0) is 6.92 Å². The van der Waals surface area contributed by atoms with E-state index < -0.39 is 48.0 Å². The molecule has 5 atom stereocenters. The van der Waals surface area contributed by atoms with Gasteiger partial charge in [0.15, 0.2) is 5.60 Å². The number of carboxylic acids is 1. The minimum Gasteiger partial charge on any atom is -0.479 e. The molecule has 0 aromatic carbocycles. The third-order valence-corrected chi connectivity index (χ3v) is 2.93. The highest BCUT2D eigenvalue weighted by Crippen LogP contribution is 2.35. The molecule has 0 radical (unpaired) electrons. The number of aliphatic hydroxyl groups is 4. The molecule has 1 fully saturated rings. The molecule has 5 N–H and O–H groups in total. The lowest BCUT2D eigenvalue weighted by Crippen LogP contribution is -2.64. The number of ketones is 1. The van der Waals surface area contributed by atoms with Gasteiger partial charge in [0, 0.05) is 6.42 Å². The quantitative estimate of drug-likeness (QED) is 0.356. The summed E-state index contributed by atoms with van der Waals surface area (Å²) in [5.41, 5.74) is -2.55. The summed E-state index contributed by atoms with van der Waals surface area (Å²) in [6, 6.07) is 0. The van der Waals surface area contributed by atoms with Crippen LogP contribution in [0.15, 0.2) is 0 Å². The van der Waals surface area contributed by atoms with E-state index in [2.05, 4.69) is 0 Å². The van der Waals surface area contributed by atoms with Crippen LogP contribution in [-0.4, -0.2) is 61.2 Å². The second-order valence-corrected chi connectivity index (χ2v) is 4.07. The Kier molecular flexibility index (Phi) is 3.34. The van der Waals surface area contributed by atoms with Gasteiger partial charge in [-0.3, -0.25) is 4.79 Å². The van der Waals surface area contributed by atoms with Crippen molar-refractivity contribution in [2.24, 2.45) is 5.92 Å². The van der Waals surface area contributed by atoms with Crippen molar-refractivity contribution < 1.29 is 35.1 Å². The van der Waals surface area contributed by atoms with Crippen LogP contribution in [0.4, 0.5) is 0 Å². The van der Waals surface area contributed by atoms with Gasteiger partial charge in [-0.1, -0.05) is 0 Å². The molecule has 1 rings (SSSR count). The van der Waals surface area contributed by atoms with Gasteiger partial charge in [0.1, 0.15) is 11.9 Å². The molecular weight excluding hydrogens is 220 g/mol. The molecule has 7 heteroatoms. The number of Topliss-reactive ketones (excluding diaryl/α,β-unsaturated/α-hetero) is 1. The van der Waals surface area contributed by atoms with E-state index in [-0.39, 0.29) is 0 Å². The van der Waals surface area contributed by atoms with E-state index in [1.165, 1.54) is 0 Å². The van der Waals surface area contributed by atoms with Gasteiger partial charge in [-0.25, -0.2) is 4.79 Å². The van der Waals surface area contributed by atoms with E-state index in [4.69, 9.17) is 5.11 Å². The number of carbonyl (C=O) groups is 2. The van der Waals surface area contributed by atoms with Crippen LogP contribution in [-0.2, 0) is 9.59 Å². The molecule has 7 nitrogen and oxygen atoms in total. The second kappa shape index (κ2) is 4.10. The summed E-state index contributed by atoms with van der Waals surface area (Å²) < 4.78 is 0. The maximum atomic E-state index is 11.2. The number of rotatable bonds is 2. The maximum absolute atomic E-state index is 11.2. The highest BCUT2D eigenvalue weighted by molar-refractivity contribution is 5.89. The fourth-order valence-electron chi connectivity index (χ4n) is 2.07. The SMILES string of the molecule is CC(=O)C1[C@@H](O)C(O)[C@H](O)CC1(O)C(=O)O. The number of carboxylic acid groups (broad SMARTS) is 1. The smallest absolute Gasteiger partial charge is 0.336 e. The van der Waals surface area contributed by atoms with Crippen LogP contribution < -0.4 is 0 Å². The van der Waals surface area contributed by atoms with Crippen molar-refractivity contribution in [2.45, 2.75) is 37.3 Å². The van der Waals surface area contributed by atoms with Crippen molar-refractivity contribution in [2.75, 3.05) is 0 Å². The zero-order valence-electron chi connectivity index (χ0n) is 8.57. The highest BCUT2D eigenvalue weighted by Gasteiger charge is 2.58. The van der Waals surface area contributed by atoms with Crippen LogP contribution in [0.2, 0.25) is 0 Å². The second-order valence-electron chi connectivity index (χ2n) is 4.07. The molecule has 3 unspecified atom stereocenters. The largest absolute Gasteiger partial charge is 0.479 e. The Morgan fingerprint density at radius 3 is 2.06 bits per heavy atom. The predicted molar refractivity (Wildman–Crippen MR) is 49.4 cm³/mol. The van der Waals surface area contributed by atoms with Crippen LogP contribution in [0.25, 0.3) is 0 Å². The van der Waals surface area contributed by atoms with Crippen molar-refractivity contribution in [3.63, 3.8) is 0 Å². The first kappa shape index (κ1) is 13.0. The molecule has 92 valence electrons. The van der Waals surface area contributed by atoms with Crippen LogP contribution in [0, 0.1) is 5.92 Å². The topological polar surface area (TPSA) is 135 Å². The molecule has 0 aromatic rings. The summed E-state index contributed by atoms with van der Waals surface area (Å²) in [5.74, 6) is -4.12. The van der Waals surface area contributed by atoms with Crippen LogP contribution >= 0.6 is 0 Å². The summed E-state index contributed by atoms with van der Waals surface area (Å²) in [6.07, 6.45) is -5.74. The van der Waals surface area contributed by atoms with E-state index in [1.807, 2.05) is 0 Å². The van der Waals surface area contributed by atoms with Gasteiger partial charge in [0.25, 0.3) is 0 Å². The normalized spacial score (nSPS) is 44.1. The Balaban J connectivity index is 3.16. The molecule has 0 heterocycles. The van der Waals surface area contributed by atoms with Gasteiger partial charge in [-0.15, -0.1) is 0 Å². The zero-order chi connectivity index (χ0) is 12.7. The third-order valence-electron chi connectivity index (χ3n) is 2.93. The van der Waals surface area contributed by atoms with Crippen LogP contribution in [0.1, 0.15) is 13.3 Å². The number of hydrogen-bond acceptors (Lipinski definition) is 6. The van der Waals surface area contributed by atoms with E-state index in [0.29, 0.717) is 0 Å². The fourth-order valence-corrected chi connectivity index (χ4v) is 2.07. The average Bonchev–Trinajstić information content (AvgIpc) is 2.13. The first-order valence-corrected chi connectivity index (χ1v) is 4.72. The van der Waals surface area contributed by atoms with E-state index in [0.717, 1.165) is 6.92 Å². The monoisotopic (exact) mass is 234 g/mol. The summed E-state index contributed by atoms with van der Waals surface area (Å²) in [4.78, 5) is 22.1. The fraction of sp³-hybridized carbons (Fsp3) is 0.778. The number of carbonyl (C=O) groups excluding carboxylic acids is 1. The first-order chi connectivity index (χ1) is 7.21. The Morgan fingerprint density at radius 1 is 1.19 bits per heavy atom. The minimum absolute atomic E-state index is 0.704. The molecule has 1 aliphatic carbocycles. The summed E-state index contributed by atoms with van der Waals surface area (Å²) >= 11 is 0. The summed E-state index contributed by atoms with van der Waals surface area (Å²) in [5, 5.41) is 46.7. The lowest BCUT2D eigenvalue weighted by Gasteiger charge is -2.43. The van der Waals surface area contributed by atoms with Crippen LogP contribution in [0.3, 0.4) is 0 Å². The lowest BCUT2D eigenvalue weighted by atomic mass is 9.69. The van der Waals surface area contributed by atoms with Crippen molar-refractivity contribution >= 4 is 11.8 Å². The average molecular weight is 234 g/mol. The van der Waals surface area contributed by atoms with Crippen molar-refractivity contribution in [1.82, 2.24) is 0 Å². The molecule has 1 saturated carbocycles. The molecule has 0 aliphatic heterocycles. The molecule has 0 spiro atoms. The van der Waals surface area contributed by atoms with E-state index >= 15 is 0 Å². The predicted octanol–water partition coefficient (Wildman–Crippen LogP) is -2.51. The van der Waals surface area contributed by atoms with Crippen molar-refractivity contribution in [1.29, 1.82) is 0 Å². The molecule has 0 aromatic heterocycles. The number of aliphatic hydroxyl groups excluding tert-OH is 3. The lowest BCUT2D eigenvalue weighted by molar-refractivity contribution is -0.208. The van der Waals surface area contributed by atoms with Gasteiger partial charge in [0.05, 0.1) is 18.1 Å². The van der Waals surface area contributed by atoms with E-state index in [1.54, 1.807) is 0 Å². The molecule has 0 bridgehead atoms. The summed E-state index contributed by atoms with van der Waals surface area (Å²) in [6.45, 7) is 1.01. The Morgan fingerprint density at radius 2 is 1.69 bits per heavy atom. The standard InChI is InChI=1S/C9H14O7/c1-3(10)5-7(13)6(12)4(11)2-9(5,16)8(14)15/h4-7,11-13,16H,2H2,1H3,(H,14,15)/t4-,5?,6?,7-,9?/m1/s1. The third kappa shape index (κ3) is 1.82. The highest BCUT2D eigenvalue weighted by atomic mass is 16.4.